The van der Waals surface area contributed by atoms with Crippen LogP contribution in [-0.4, -0.2) is 29.3 Å². The molecule has 1 N–H and O–H groups in total. The molecule has 2 amide bonds. The zero-order valence-corrected chi connectivity index (χ0v) is 13.8. The molecule has 0 radical (unpaired) electrons. The Labute approximate surface area is 130 Å². The first-order valence-corrected chi connectivity index (χ1v) is 8.59. The minimum Gasteiger partial charge on any atom is -0.344 e. The van der Waals surface area contributed by atoms with Gasteiger partial charge in [-0.05, 0) is 23.8 Å². The van der Waals surface area contributed by atoms with Crippen molar-refractivity contribution in [3.8, 4) is 0 Å². The van der Waals surface area contributed by atoms with Gasteiger partial charge in [-0.1, -0.05) is 33.3 Å². The highest BCUT2D eigenvalue weighted by atomic mass is 32.1. The third-order valence-corrected chi connectivity index (χ3v) is 5.27. The Morgan fingerprint density at radius 1 is 1.38 bits per heavy atom. The average Bonchev–Trinajstić information content (AvgIpc) is 2.96. The van der Waals surface area contributed by atoms with Crippen LogP contribution < -0.4 is 5.32 Å². The largest absolute Gasteiger partial charge is 0.344 e. The van der Waals surface area contributed by atoms with Crippen LogP contribution in [0, 0.1) is 5.92 Å². The normalized spacial score (nSPS) is 22.6. The average molecular weight is 308 g/mol. The highest BCUT2D eigenvalue weighted by Gasteiger charge is 2.36. The molecule has 0 bridgehead atoms. The van der Waals surface area contributed by atoms with Crippen molar-refractivity contribution in [2.75, 3.05) is 6.54 Å². The fourth-order valence-electron chi connectivity index (χ4n) is 2.81. The Morgan fingerprint density at radius 3 is 2.71 bits per heavy atom. The van der Waals surface area contributed by atoms with E-state index in [2.05, 4.69) is 25.2 Å². The molecule has 0 spiro atoms. The van der Waals surface area contributed by atoms with Crippen molar-refractivity contribution in [2.45, 2.75) is 52.1 Å². The van der Waals surface area contributed by atoms with E-state index in [1.165, 1.54) is 4.88 Å². The minimum atomic E-state index is -0.390. The van der Waals surface area contributed by atoms with Gasteiger partial charge in [-0.2, -0.15) is 0 Å². The van der Waals surface area contributed by atoms with Crippen LogP contribution in [0.1, 0.15) is 51.0 Å². The summed E-state index contributed by atoms with van der Waals surface area (Å²) < 4.78 is 0. The molecular formula is C16H24N2O2S. The molecule has 1 aromatic rings. The second-order valence-corrected chi connectivity index (χ2v) is 6.63. The molecule has 0 aromatic carbocycles. The Hall–Kier alpha value is -1.36. The van der Waals surface area contributed by atoms with E-state index >= 15 is 0 Å². The first kappa shape index (κ1) is 16.0. The number of carbonyl (C=O) groups is 2. The fourth-order valence-corrected chi connectivity index (χ4v) is 3.73. The summed E-state index contributed by atoms with van der Waals surface area (Å²) in [5.74, 6) is 0.204. The summed E-state index contributed by atoms with van der Waals surface area (Å²) in [6, 6.07) is 3.78. The van der Waals surface area contributed by atoms with Gasteiger partial charge in [-0.15, -0.1) is 11.3 Å². The van der Waals surface area contributed by atoms with Gasteiger partial charge in [0.25, 0.3) is 0 Å². The maximum Gasteiger partial charge on any atom is 0.245 e. The molecule has 3 unspecified atom stereocenters. The van der Waals surface area contributed by atoms with Gasteiger partial charge in [0.2, 0.25) is 11.8 Å². The van der Waals surface area contributed by atoms with Gasteiger partial charge in [-0.25, -0.2) is 0 Å². The zero-order valence-electron chi connectivity index (χ0n) is 13.0. The van der Waals surface area contributed by atoms with E-state index in [1.54, 1.807) is 11.3 Å². The van der Waals surface area contributed by atoms with E-state index in [9.17, 15) is 9.59 Å². The number of nitrogens with one attached hydrogen (secondary N) is 1. The van der Waals surface area contributed by atoms with Gasteiger partial charge in [0.05, 0.1) is 6.04 Å². The third kappa shape index (κ3) is 3.46. The highest BCUT2D eigenvalue weighted by molar-refractivity contribution is 7.10. The lowest BCUT2D eigenvalue weighted by Gasteiger charge is -2.32. The SMILES string of the molecule is CCC(C)C1NC(=O)CCN(C(CC)c2cccs2)C1=O. The summed E-state index contributed by atoms with van der Waals surface area (Å²) in [7, 11) is 0. The first-order valence-electron chi connectivity index (χ1n) is 7.71. The molecule has 1 aliphatic heterocycles. The van der Waals surface area contributed by atoms with Gasteiger partial charge in [0.15, 0.2) is 0 Å². The zero-order chi connectivity index (χ0) is 15.4. The van der Waals surface area contributed by atoms with Crippen molar-refractivity contribution in [1.82, 2.24) is 10.2 Å². The summed E-state index contributed by atoms with van der Waals surface area (Å²) in [4.78, 5) is 27.9. The molecule has 0 aliphatic carbocycles. The van der Waals surface area contributed by atoms with Gasteiger partial charge < -0.3 is 10.2 Å². The minimum absolute atomic E-state index is 0.0165. The molecule has 4 nitrogen and oxygen atoms in total. The molecule has 3 atom stereocenters. The molecule has 5 heteroatoms. The van der Waals surface area contributed by atoms with E-state index < -0.39 is 0 Å². The van der Waals surface area contributed by atoms with Crippen LogP contribution in [0.15, 0.2) is 17.5 Å². The Balaban J connectivity index is 2.28. The van der Waals surface area contributed by atoms with Crippen LogP contribution in [0.2, 0.25) is 0 Å². The molecule has 2 heterocycles. The second-order valence-electron chi connectivity index (χ2n) is 5.65. The number of hydrogen-bond donors (Lipinski definition) is 1. The van der Waals surface area contributed by atoms with E-state index in [-0.39, 0.29) is 29.8 Å². The van der Waals surface area contributed by atoms with Crippen LogP contribution in [0.3, 0.4) is 0 Å². The van der Waals surface area contributed by atoms with E-state index in [1.807, 2.05) is 23.3 Å². The van der Waals surface area contributed by atoms with Crippen LogP contribution in [0.5, 0.6) is 0 Å². The van der Waals surface area contributed by atoms with Crippen molar-refractivity contribution in [2.24, 2.45) is 5.92 Å². The van der Waals surface area contributed by atoms with Crippen molar-refractivity contribution in [1.29, 1.82) is 0 Å². The molecule has 1 fully saturated rings. The van der Waals surface area contributed by atoms with Crippen molar-refractivity contribution in [3.05, 3.63) is 22.4 Å². The Morgan fingerprint density at radius 2 is 2.14 bits per heavy atom. The summed E-state index contributed by atoms with van der Waals surface area (Å²) in [6.45, 7) is 6.68. The summed E-state index contributed by atoms with van der Waals surface area (Å²) in [5.41, 5.74) is 0. The first-order chi connectivity index (χ1) is 10.1. The number of thiophene rings is 1. The monoisotopic (exact) mass is 308 g/mol. The number of amides is 2. The maximum absolute atomic E-state index is 12.9. The van der Waals surface area contributed by atoms with Crippen molar-refractivity contribution >= 4 is 23.2 Å². The predicted molar refractivity (Wildman–Crippen MR) is 85.1 cm³/mol. The van der Waals surface area contributed by atoms with Crippen LogP contribution in [0.4, 0.5) is 0 Å². The Bertz CT molecular complexity index is 486. The highest BCUT2D eigenvalue weighted by Crippen LogP contribution is 2.30. The lowest BCUT2D eigenvalue weighted by Crippen LogP contribution is -2.49. The predicted octanol–water partition coefficient (Wildman–Crippen LogP) is 2.96. The smallest absolute Gasteiger partial charge is 0.245 e. The quantitative estimate of drug-likeness (QED) is 0.909. The number of hydrogen-bond acceptors (Lipinski definition) is 3. The number of nitrogens with zero attached hydrogens (tertiary/aromatic N) is 1. The fraction of sp³-hybridized carbons (Fsp3) is 0.625. The van der Waals surface area contributed by atoms with E-state index in [0.717, 1.165) is 12.8 Å². The van der Waals surface area contributed by atoms with Crippen molar-refractivity contribution < 1.29 is 9.59 Å². The Kier molecular flexibility index (Phi) is 5.39. The molecule has 0 saturated carbocycles. The molecule has 2 rings (SSSR count). The standard InChI is InChI=1S/C16H24N2O2S/c1-4-11(3)15-16(20)18(9-8-14(19)17-15)12(5-2)13-7-6-10-21-13/h6-7,10-12,15H,4-5,8-9H2,1-3H3,(H,17,19). The van der Waals surface area contributed by atoms with E-state index in [4.69, 9.17) is 0 Å². The van der Waals surface area contributed by atoms with Crippen LogP contribution >= 0.6 is 11.3 Å². The summed E-state index contributed by atoms with van der Waals surface area (Å²) >= 11 is 1.68. The van der Waals surface area contributed by atoms with Gasteiger partial charge in [0.1, 0.15) is 6.04 Å². The lowest BCUT2D eigenvalue weighted by atomic mass is 9.97. The van der Waals surface area contributed by atoms with Gasteiger partial charge >= 0.3 is 0 Å². The molecular weight excluding hydrogens is 284 g/mol. The molecule has 1 saturated heterocycles. The lowest BCUT2D eigenvalue weighted by molar-refractivity contribution is -0.137. The van der Waals surface area contributed by atoms with Crippen LogP contribution in [0.25, 0.3) is 0 Å². The molecule has 116 valence electrons. The summed E-state index contributed by atoms with van der Waals surface area (Å²) in [6.07, 6.45) is 2.13. The molecule has 21 heavy (non-hydrogen) atoms. The second kappa shape index (κ2) is 7.07. The summed E-state index contributed by atoms with van der Waals surface area (Å²) in [5, 5.41) is 4.94. The molecule has 1 aromatic heterocycles. The molecule has 1 aliphatic rings. The van der Waals surface area contributed by atoms with Gasteiger partial charge in [0, 0.05) is 17.8 Å². The topological polar surface area (TPSA) is 49.4 Å². The maximum atomic E-state index is 12.9. The third-order valence-electron chi connectivity index (χ3n) is 4.29. The van der Waals surface area contributed by atoms with Gasteiger partial charge in [-0.3, -0.25) is 9.59 Å². The van der Waals surface area contributed by atoms with Crippen molar-refractivity contribution in [3.63, 3.8) is 0 Å². The number of carbonyl (C=O) groups excluding carboxylic acids is 2. The van der Waals surface area contributed by atoms with Crippen LogP contribution in [-0.2, 0) is 9.59 Å². The van der Waals surface area contributed by atoms with E-state index in [0.29, 0.717) is 13.0 Å². The number of rotatable bonds is 5.